The highest BCUT2D eigenvalue weighted by molar-refractivity contribution is 5.78. The van der Waals surface area contributed by atoms with Gasteiger partial charge in [-0.05, 0) is 47.0 Å². The normalized spacial score (nSPS) is 13.8. The molecule has 0 rings (SSSR count). The molecule has 0 heterocycles. The number of carbonyl (C=O) groups is 5. The Morgan fingerprint density at radius 2 is 1.38 bits per heavy atom. The summed E-state index contributed by atoms with van der Waals surface area (Å²) < 4.78 is 25.4. The molecule has 34 heavy (non-hydrogen) atoms. The first-order valence-corrected chi connectivity index (χ1v) is 11.1. The van der Waals surface area contributed by atoms with Crippen LogP contribution in [-0.4, -0.2) is 74.6 Å². The van der Waals surface area contributed by atoms with E-state index in [-0.39, 0.29) is 58.5 Å². The molecule has 196 valence electrons. The van der Waals surface area contributed by atoms with Gasteiger partial charge in [0.2, 0.25) is 0 Å². The number of hydrogen-bond donors (Lipinski definition) is 1. The molecule has 0 amide bonds. The highest BCUT2D eigenvalue weighted by Gasteiger charge is 2.40. The van der Waals surface area contributed by atoms with Crippen LogP contribution in [0.2, 0.25) is 0 Å². The van der Waals surface area contributed by atoms with E-state index in [2.05, 4.69) is 0 Å². The highest BCUT2D eigenvalue weighted by Crippen LogP contribution is 2.37. The summed E-state index contributed by atoms with van der Waals surface area (Å²) in [5.74, 6) is -3.29. The second-order valence-corrected chi connectivity index (χ2v) is 8.95. The zero-order valence-electron chi connectivity index (χ0n) is 21.0. The minimum Gasteiger partial charge on any atom is -0.481 e. The largest absolute Gasteiger partial charge is 0.481 e. The van der Waals surface area contributed by atoms with Crippen LogP contribution < -0.4 is 0 Å². The summed E-state index contributed by atoms with van der Waals surface area (Å²) in [5.41, 5.74) is -1.99. The molecule has 11 heteroatoms. The van der Waals surface area contributed by atoms with E-state index in [1.54, 1.807) is 27.7 Å². The van der Waals surface area contributed by atoms with Crippen molar-refractivity contribution in [3.8, 4) is 0 Å². The van der Waals surface area contributed by atoms with Crippen molar-refractivity contribution in [3.05, 3.63) is 0 Å². The fourth-order valence-corrected chi connectivity index (χ4v) is 3.10. The predicted octanol–water partition coefficient (Wildman–Crippen LogP) is 2.28. The van der Waals surface area contributed by atoms with Crippen molar-refractivity contribution in [3.63, 3.8) is 0 Å². The van der Waals surface area contributed by atoms with Crippen molar-refractivity contribution in [2.75, 3.05) is 33.5 Å². The molecule has 2 atom stereocenters. The lowest BCUT2D eigenvalue weighted by atomic mass is 9.75. The smallest absolute Gasteiger partial charge is 0.312 e. The van der Waals surface area contributed by atoms with E-state index in [4.69, 9.17) is 28.8 Å². The first-order valence-electron chi connectivity index (χ1n) is 11.1. The van der Waals surface area contributed by atoms with Gasteiger partial charge in [0.1, 0.15) is 25.9 Å². The predicted molar refractivity (Wildman–Crippen MR) is 119 cm³/mol. The van der Waals surface area contributed by atoms with Crippen LogP contribution in [0.15, 0.2) is 0 Å². The number of hydrogen-bond acceptors (Lipinski definition) is 10. The maximum absolute atomic E-state index is 12.8. The van der Waals surface area contributed by atoms with Crippen LogP contribution in [0.25, 0.3) is 0 Å². The van der Waals surface area contributed by atoms with E-state index in [0.29, 0.717) is 0 Å². The van der Waals surface area contributed by atoms with E-state index in [9.17, 15) is 24.0 Å². The summed E-state index contributed by atoms with van der Waals surface area (Å²) in [7, 11) is 1.49. The van der Waals surface area contributed by atoms with E-state index >= 15 is 0 Å². The van der Waals surface area contributed by atoms with Crippen LogP contribution in [0.1, 0.15) is 66.7 Å². The molecule has 0 aliphatic rings. The van der Waals surface area contributed by atoms with Crippen LogP contribution in [-0.2, 0) is 47.7 Å². The van der Waals surface area contributed by atoms with Crippen molar-refractivity contribution in [1.82, 2.24) is 0 Å². The van der Waals surface area contributed by atoms with Crippen LogP contribution in [0.5, 0.6) is 0 Å². The highest BCUT2D eigenvalue weighted by atomic mass is 16.6. The van der Waals surface area contributed by atoms with Crippen LogP contribution in [0.3, 0.4) is 0 Å². The van der Waals surface area contributed by atoms with Gasteiger partial charge in [0.15, 0.2) is 0 Å². The minimum atomic E-state index is -1.11. The molecule has 0 saturated carbocycles. The van der Waals surface area contributed by atoms with Gasteiger partial charge in [0.05, 0.1) is 30.3 Å². The van der Waals surface area contributed by atoms with E-state index in [1.165, 1.54) is 14.0 Å². The average Bonchev–Trinajstić information content (AvgIpc) is 2.73. The minimum absolute atomic E-state index is 0.0729. The summed E-state index contributed by atoms with van der Waals surface area (Å²) in [4.78, 5) is 58.5. The molecule has 0 spiro atoms. The SMILES string of the molecule is COCCOC(=O)C(C)(CCC(C)(C)C(=O)OCCOC(=O)CCC(=O)O)CC(C)OC(C)=O. The zero-order chi connectivity index (χ0) is 26.4. The molecule has 0 radical (unpaired) electrons. The molecule has 0 bridgehead atoms. The first-order chi connectivity index (χ1) is 15.7. The number of rotatable bonds is 17. The Hall–Kier alpha value is -2.69. The van der Waals surface area contributed by atoms with E-state index in [1.807, 2.05) is 0 Å². The Morgan fingerprint density at radius 3 is 1.94 bits per heavy atom. The lowest BCUT2D eigenvalue weighted by molar-refractivity contribution is -0.164. The van der Waals surface area contributed by atoms with Gasteiger partial charge in [-0.15, -0.1) is 0 Å². The molecule has 0 aromatic rings. The van der Waals surface area contributed by atoms with Crippen molar-refractivity contribution in [1.29, 1.82) is 0 Å². The van der Waals surface area contributed by atoms with Gasteiger partial charge in [-0.25, -0.2) is 0 Å². The summed E-state index contributed by atoms with van der Waals surface area (Å²) >= 11 is 0. The first kappa shape index (κ1) is 31.3. The Morgan fingerprint density at radius 1 is 0.824 bits per heavy atom. The third-order valence-electron chi connectivity index (χ3n) is 5.10. The number of esters is 4. The number of methoxy groups -OCH3 is 1. The quantitative estimate of drug-likeness (QED) is 0.181. The molecule has 0 fully saturated rings. The molecule has 1 N–H and O–H groups in total. The summed E-state index contributed by atoms with van der Waals surface area (Å²) in [6, 6.07) is 0. The Bertz CT molecular complexity index is 701. The summed E-state index contributed by atoms with van der Waals surface area (Å²) in [6.07, 6.45) is -0.406. The molecule has 0 aliphatic carbocycles. The van der Waals surface area contributed by atoms with Gasteiger partial charge in [0, 0.05) is 14.0 Å². The number of ether oxygens (including phenoxy) is 5. The molecule has 2 unspecified atom stereocenters. The lowest BCUT2D eigenvalue weighted by Crippen LogP contribution is -2.37. The maximum Gasteiger partial charge on any atom is 0.312 e. The zero-order valence-corrected chi connectivity index (χ0v) is 21.0. The third-order valence-corrected chi connectivity index (χ3v) is 5.10. The molecule has 0 saturated heterocycles. The van der Waals surface area contributed by atoms with Crippen molar-refractivity contribution in [2.24, 2.45) is 10.8 Å². The van der Waals surface area contributed by atoms with Crippen LogP contribution in [0, 0.1) is 10.8 Å². The van der Waals surface area contributed by atoms with Gasteiger partial charge in [-0.3, -0.25) is 24.0 Å². The Balaban J connectivity index is 4.91. The molecule has 0 aromatic heterocycles. The Kier molecular flexibility index (Phi) is 14.1. The topological polar surface area (TPSA) is 152 Å². The molecular weight excluding hydrogens is 452 g/mol. The number of carbonyl (C=O) groups excluding carboxylic acids is 4. The van der Waals surface area contributed by atoms with Crippen LogP contribution >= 0.6 is 0 Å². The second kappa shape index (κ2) is 15.3. The van der Waals surface area contributed by atoms with Gasteiger partial charge in [0.25, 0.3) is 0 Å². The van der Waals surface area contributed by atoms with Gasteiger partial charge >= 0.3 is 29.8 Å². The van der Waals surface area contributed by atoms with Gasteiger partial charge < -0.3 is 28.8 Å². The van der Waals surface area contributed by atoms with E-state index < -0.39 is 46.8 Å². The third kappa shape index (κ3) is 13.1. The monoisotopic (exact) mass is 490 g/mol. The van der Waals surface area contributed by atoms with Crippen molar-refractivity contribution >= 4 is 29.8 Å². The number of carboxylic acids is 1. The molecule has 11 nitrogen and oxygen atoms in total. The lowest BCUT2D eigenvalue weighted by Gasteiger charge is -2.32. The maximum atomic E-state index is 12.8. The van der Waals surface area contributed by atoms with Gasteiger partial charge in [-0.1, -0.05) is 0 Å². The van der Waals surface area contributed by atoms with Crippen molar-refractivity contribution in [2.45, 2.75) is 72.8 Å². The van der Waals surface area contributed by atoms with Crippen LogP contribution in [0.4, 0.5) is 0 Å². The summed E-state index contributed by atoms with van der Waals surface area (Å²) in [5, 5.41) is 8.55. The number of aliphatic carboxylic acids is 1. The fraction of sp³-hybridized carbons (Fsp3) is 0.783. The van der Waals surface area contributed by atoms with Gasteiger partial charge in [-0.2, -0.15) is 0 Å². The molecular formula is C23H38O11. The average molecular weight is 491 g/mol. The standard InChI is InChI=1S/C23H38O11/c1-16(34-17(2)24)15-23(5,21(29)33-12-11-30-6)10-9-22(3,4)20(28)32-14-13-31-19(27)8-7-18(25)26/h16H,7-15H2,1-6H3,(H,25,26). The molecule has 0 aromatic carbocycles. The molecule has 0 aliphatic heterocycles. The van der Waals surface area contributed by atoms with Crippen molar-refractivity contribution < 1.29 is 52.8 Å². The number of carboxylic acid groups (broad SMARTS) is 1. The Labute approximate surface area is 200 Å². The second-order valence-electron chi connectivity index (χ2n) is 8.95. The summed E-state index contributed by atoms with van der Waals surface area (Å²) in [6.45, 7) is 7.93. The van der Waals surface area contributed by atoms with E-state index in [0.717, 1.165) is 0 Å². The fourth-order valence-electron chi connectivity index (χ4n) is 3.10.